The standard InChI is InChI=1S/C11H11F2NO2/c1-11(12,13)8-5-10(16-3)9(15-2)4-7(8)6-14/h4-5H,1-3H3. The Balaban J connectivity index is 3.45. The van der Waals surface area contributed by atoms with Crippen LogP contribution in [0, 0.1) is 11.3 Å². The van der Waals surface area contributed by atoms with Crippen molar-refractivity contribution in [2.45, 2.75) is 12.8 Å². The van der Waals surface area contributed by atoms with Crippen LogP contribution in [0.25, 0.3) is 0 Å². The summed E-state index contributed by atoms with van der Waals surface area (Å²) in [5.41, 5.74) is -0.488. The van der Waals surface area contributed by atoms with Crippen LogP contribution in [0.1, 0.15) is 18.1 Å². The van der Waals surface area contributed by atoms with Crippen LogP contribution in [0.5, 0.6) is 11.5 Å². The van der Waals surface area contributed by atoms with Gasteiger partial charge in [0.05, 0.1) is 25.9 Å². The number of benzene rings is 1. The summed E-state index contributed by atoms with van der Waals surface area (Å²) in [5, 5.41) is 8.79. The summed E-state index contributed by atoms with van der Waals surface area (Å²) in [5.74, 6) is -2.66. The van der Waals surface area contributed by atoms with Gasteiger partial charge in [-0.3, -0.25) is 0 Å². The molecule has 0 saturated heterocycles. The van der Waals surface area contributed by atoms with Gasteiger partial charge in [-0.05, 0) is 6.07 Å². The van der Waals surface area contributed by atoms with Crippen LogP contribution >= 0.6 is 0 Å². The molecular formula is C11H11F2NO2. The Morgan fingerprint density at radius 2 is 1.69 bits per heavy atom. The number of alkyl halides is 2. The lowest BCUT2D eigenvalue weighted by molar-refractivity contribution is 0.0169. The minimum Gasteiger partial charge on any atom is -0.493 e. The van der Waals surface area contributed by atoms with E-state index < -0.39 is 5.92 Å². The van der Waals surface area contributed by atoms with Crippen molar-refractivity contribution in [2.24, 2.45) is 0 Å². The van der Waals surface area contributed by atoms with Crippen molar-refractivity contribution in [2.75, 3.05) is 14.2 Å². The molecule has 0 bridgehead atoms. The van der Waals surface area contributed by atoms with Gasteiger partial charge in [0, 0.05) is 18.6 Å². The Bertz CT molecular complexity index is 433. The van der Waals surface area contributed by atoms with E-state index >= 15 is 0 Å². The molecule has 0 aliphatic rings. The monoisotopic (exact) mass is 227 g/mol. The Hall–Kier alpha value is -1.83. The molecule has 0 heterocycles. The van der Waals surface area contributed by atoms with Crippen molar-refractivity contribution in [1.82, 2.24) is 0 Å². The fourth-order valence-electron chi connectivity index (χ4n) is 1.33. The molecule has 1 aromatic rings. The maximum atomic E-state index is 13.2. The molecule has 0 saturated carbocycles. The van der Waals surface area contributed by atoms with Crippen molar-refractivity contribution < 1.29 is 18.3 Å². The average Bonchev–Trinajstić information content (AvgIpc) is 2.25. The summed E-state index contributed by atoms with van der Waals surface area (Å²) in [6, 6.07) is 4.08. The molecule has 0 aliphatic heterocycles. The van der Waals surface area contributed by atoms with Crippen LogP contribution in [0.3, 0.4) is 0 Å². The van der Waals surface area contributed by atoms with Gasteiger partial charge in [-0.2, -0.15) is 5.26 Å². The van der Waals surface area contributed by atoms with Crippen molar-refractivity contribution in [3.8, 4) is 17.6 Å². The molecule has 0 N–H and O–H groups in total. The molecule has 0 radical (unpaired) electrons. The molecule has 0 fully saturated rings. The number of hydrogen-bond donors (Lipinski definition) is 0. The second-order valence-corrected chi connectivity index (χ2v) is 3.25. The van der Waals surface area contributed by atoms with Crippen LogP contribution in [0.4, 0.5) is 8.78 Å². The minimum atomic E-state index is -3.09. The largest absolute Gasteiger partial charge is 0.493 e. The third-order valence-electron chi connectivity index (χ3n) is 2.12. The van der Waals surface area contributed by atoms with E-state index in [4.69, 9.17) is 14.7 Å². The Morgan fingerprint density at radius 3 is 2.06 bits per heavy atom. The third kappa shape index (κ3) is 2.22. The lowest BCUT2D eigenvalue weighted by Crippen LogP contribution is -2.10. The zero-order valence-corrected chi connectivity index (χ0v) is 9.17. The van der Waals surface area contributed by atoms with Gasteiger partial charge >= 0.3 is 0 Å². The summed E-state index contributed by atoms with van der Waals surface area (Å²) < 4.78 is 36.2. The molecule has 1 aromatic carbocycles. The molecule has 0 unspecified atom stereocenters. The number of nitrogens with zero attached hydrogens (tertiary/aromatic N) is 1. The molecular weight excluding hydrogens is 216 g/mol. The van der Waals surface area contributed by atoms with Crippen LogP contribution in [-0.4, -0.2) is 14.2 Å². The first kappa shape index (κ1) is 12.2. The normalized spacial score (nSPS) is 10.8. The fourth-order valence-corrected chi connectivity index (χ4v) is 1.33. The van der Waals surface area contributed by atoms with Gasteiger partial charge < -0.3 is 9.47 Å². The second-order valence-electron chi connectivity index (χ2n) is 3.25. The number of halogens is 2. The summed E-state index contributed by atoms with van der Waals surface area (Å²) in [6.07, 6.45) is 0. The van der Waals surface area contributed by atoms with Gasteiger partial charge in [-0.25, -0.2) is 8.78 Å². The van der Waals surface area contributed by atoms with Gasteiger partial charge in [0.25, 0.3) is 5.92 Å². The molecule has 0 aromatic heterocycles. The second kappa shape index (κ2) is 4.35. The van der Waals surface area contributed by atoms with E-state index in [9.17, 15) is 8.78 Å². The Kier molecular flexibility index (Phi) is 3.33. The number of ether oxygens (including phenoxy) is 2. The quantitative estimate of drug-likeness (QED) is 0.797. The fraction of sp³-hybridized carbons (Fsp3) is 0.364. The van der Waals surface area contributed by atoms with Gasteiger partial charge in [-0.15, -0.1) is 0 Å². The highest BCUT2D eigenvalue weighted by molar-refractivity contribution is 5.53. The van der Waals surface area contributed by atoms with Gasteiger partial charge in [-0.1, -0.05) is 0 Å². The first-order chi connectivity index (χ1) is 7.43. The van der Waals surface area contributed by atoms with Crippen LogP contribution in [0.2, 0.25) is 0 Å². The molecule has 3 nitrogen and oxygen atoms in total. The third-order valence-corrected chi connectivity index (χ3v) is 2.12. The lowest BCUT2D eigenvalue weighted by Gasteiger charge is -2.15. The van der Waals surface area contributed by atoms with Gasteiger partial charge in [0.2, 0.25) is 0 Å². The van der Waals surface area contributed by atoms with Crippen molar-refractivity contribution in [1.29, 1.82) is 5.26 Å². The van der Waals surface area contributed by atoms with Gasteiger partial charge in [0.15, 0.2) is 11.5 Å². The predicted molar refractivity (Wildman–Crippen MR) is 53.8 cm³/mol. The number of methoxy groups -OCH3 is 2. The zero-order chi connectivity index (χ0) is 12.3. The molecule has 0 spiro atoms. The molecule has 5 heteroatoms. The highest BCUT2D eigenvalue weighted by Crippen LogP contribution is 2.37. The van der Waals surface area contributed by atoms with Gasteiger partial charge in [0.1, 0.15) is 0 Å². The number of hydrogen-bond acceptors (Lipinski definition) is 3. The maximum Gasteiger partial charge on any atom is 0.271 e. The highest BCUT2D eigenvalue weighted by atomic mass is 19.3. The molecule has 16 heavy (non-hydrogen) atoms. The molecule has 0 amide bonds. The predicted octanol–water partition coefficient (Wildman–Crippen LogP) is 2.69. The first-order valence-electron chi connectivity index (χ1n) is 4.48. The molecule has 86 valence electrons. The van der Waals surface area contributed by atoms with E-state index in [1.165, 1.54) is 20.3 Å². The van der Waals surface area contributed by atoms with Crippen molar-refractivity contribution >= 4 is 0 Å². The molecule has 0 aliphatic carbocycles. The van der Waals surface area contributed by atoms with E-state index in [0.717, 1.165) is 13.0 Å². The van der Waals surface area contributed by atoms with E-state index in [1.54, 1.807) is 6.07 Å². The minimum absolute atomic E-state index is 0.120. The van der Waals surface area contributed by atoms with Crippen molar-refractivity contribution in [3.63, 3.8) is 0 Å². The average molecular weight is 227 g/mol. The zero-order valence-electron chi connectivity index (χ0n) is 9.17. The van der Waals surface area contributed by atoms with Crippen molar-refractivity contribution in [3.05, 3.63) is 23.3 Å². The number of nitriles is 1. The van der Waals surface area contributed by atoms with E-state index in [1.807, 2.05) is 0 Å². The maximum absolute atomic E-state index is 13.2. The smallest absolute Gasteiger partial charge is 0.271 e. The summed E-state index contributed by atoms with van der Waals surface area (Å²) in [6.45, 7) is 0.731. The number of rotatable bonds is 3. The van der Waals surface area contributed by atoms with Crippen LogP contribution < -0.4 is 9.47 Å². The van der Waals surface area contributed by atoms with E-state index in [2.05, 4.69) is 0 Å². The lowest BCUT2D eigenvalue weighted by atomic mass is 10.0. The van der Waals surface area contributed by atoms with E-state index in [0.29, 0.717) is 0 Å². The highest BCUT2D eigenvalue weighted by Gasteiger charge is 2.29. The SMILES string of the molecule is COc1cc(C#N)c(C(C)(F)F)cc1OC. The molecule has 0 atom stereocenters. The van der Waals surface area contributed by atoms with Crippen LogP contribution in [-0.2, 0) is 5.92 Å². The molecule has 1 rings (SSSR count). The van der Waals surface area contributed by atoms with E-state index in [-0.39, 0.29) is 22.6 Å². The summed E-state index contributed by atoms with van der Waals surface area (Å²) in [7, 11) is 2.73. The summed E-state index contributed by atoms with van der Waals surface area (Å²) in [4.78, 5) is 0. The van der Waals surface area contributed by atoms with Crippen LogP contribution in [0.15, 0.2) is 12.1 Å². The Labute approximate surface area is 92.2 Å². The summed E-state index contributed by atoms with van der Waals surface area (Å²) >= 11 is 0. The first-order valence-corrected chi connectivity index (χ1v) is 4.48. The Morgan fingerprint density at radius 1 is 1.19 bits per heavy atom. The topological polar surface area (TPSA) is 42.2 Å².